The van der Waals surface area contributed by atoms with Gasteiger partial charge in [0.25, 0.3) is 5.91 Å². The molecule has 0 radical (unpaired) electrons. The third-order valence-electron chi connectivity index (χ3n) is 3.30. The molecule has 10 heteroatoms. The fraction of sp³-hybridized carbons (Fsp3) is 0.400. The Morgan fingerprint density at radius 2 is 2.04 bits per heavy atom. The van der Waals surface area contributed by atoms with Crippen LogP contribution in [-0.4, -0.2) is 24.5 Å². The van der Waals surface area contributed by atoms with Gasteiger partial charge in [-0.25, -0.2) is 17.9 Å². The van der Waals surface area contributed by atoms with E-state index < -0.39 is 33.4 Å². The molecule has 8 nitrogen and oxygen atoms in total. The second kappa shape index (κ2) is 7.28. The number of hydrogen-bond acceptors (Lipinski definition) is 6. The van der Waals surface area contributed by atoms with Crippen molar-refractivity contribution in [3.8, 4) is 0 Å². The summed E-state index contributed by atoms with van der Waals surface area (Å²) in [5, 5.41) is 11.3. The van der Waals surface area contributed by atoms with Crippen molar-refractivity contribution in [1.82, 2.24) is 15.5 Å². The summed E-state index contributed by atoms with van der Waals surface area (Å²) >= 11 is 0. The number of primary sulfonamides is 1. The van der Waals surface area contributed by atoms with E-state index in [-0.39, 0.29) is 10.8 Å². The molecule has 0 unspecified atom stereocenters. The molecule has 0 saturated heterocycles. The highest BCUT2D eigenvalue weighted by Crippen LogP contribution is 2.17. The monoisotopic (exact) mass is 370 g/mol. The Bertz CT molecular complexity index is 879. The predicted molar refractivity (Wildman–Crippen MR) is 86.5 cm³/mol. The summed E-state index contributed by atoms with van der Waals surface area (Å²) in [6, 6.07) is 2.05. The van der Waals surface area contributed by atoms with Crippen LogP contribution in [0.15, 0.2) is 27.6 Å². The maximum atomic E-state index is 13.9. The van der Waals surface area contributed by atoms with E-state index in [9.17, 15) is 17.6 Å². The van der Waals surface area contributed by atoms with E-state index in [0.29, 0.717) is 18.2 Å². The molecule has 0 aliphatic rings. The van der Waals surface area contributed by atoms with Crippen LogP contribution in [0.2, 0.25) is 0 Å². The minimum absolute atomic E-state index is 0.173. The van der Waals surface area contributed by atoms with E-state index in [1.54, 1.807) is 6.92 Å². The van der Waals surface area contributed by atoms with Gasteiger partial charge in [-0.05, 0) is 31.0 Å². The standard InChI is InChI=1S/C15H19FN4O4S/c1-8(2)6-13-19-15(24-20-13)9(3)18-14(21)11-7-10(25(17,22)23)4-5-12(11)16/h4-5,7-9H,6H2,1-3H3,(H,18,21)(H2,17,22,23)/t9-/m0/s1. The van der Waals surface area contributed by atoms with Crippen LogP contribution in [0.3, 0.4) is 0 Å². The number of nitrogens with zero attached hydrogens (tertiary/aromatic N) is 2. The number of amides is 1. The molecule has 0 aliphatic carbocycles. The van der Waals surface area contributed by atoms with Gasteiger partial charge in [-0.1, -0.05) is 19.0 Å². The average molecular weight is 370 g/mol. The first kappa shape index (κ1) is 19.0. The lowest BCUT2D eigenvalue weighted by Gasteiger charge is -2.11. The van der Waals surface area contributed by atoms with Crippen molar-refractivity contribution in [2.24, 2.45) is 11.1 Å². The van der Waals surface area contributed by atoms with Crippen LogP contribution in [0.4, 0.5) is 4.39 Å². The predicted octanol–water partition coefficient (Wildman–Crippen LogP) is 1.55. The van der Waals surface area contributed by atoms with Gasteiger partial charge < -0.3 is 9.84 Å². The summed E-state index contributed by atoms with van der Waals surface area (Å²) in [6.45, 7) is 5.59. The van der Waals surface area contributed by atoms with Crippen LogP contribution < -0.4 is 10.5 Å². The Balaban J connectivity index is 2.17. The van der Waals surface area contributed by atoms with E-state index in [1.165, 1.54) is 0 Å². The van der Waals surface area contributed by atoms with Crippen LogP contribution in [0.25, 0.3) is 0 Å². The number of benzene rings is 1. The van der Waals surface area contributed by atoms with Gasteiger partial charge in [-0.2, -0.15) is 4.98 Å². The average Bonchev–Trinajstić information content (AvgIpc) is 2.94. The van der Waals surface area contributed by atoms with Crippen molar-refractivity contribution >= 4 is 15.9 Å². The van der Waals surface area contributed by atoms with Gasteiger partial charge in [-0.3, -0.25) is 4.79 Å². The number of nitrogens with two attached hydrogens (primary N) is 1. The number of nitrogens with one attached hydrogen (secondary N) is 1. The lowest BCUT2D eigenvalue weighted by Crippen LogP contribution is -2.28. The number of carbonyl (C=O) groups is 1. The van der Waals surface area contributed by atoms with Crippen molar-refractivity contribution in [2.75, 3.05) is 0 Å². The van der Waals surface area contributed by atoms with Crippen molar-refractivity contribution in [3.05, 3.63) is 41.3 Å². The minimum atomic E-state index is -4.05. The van der Waals surface area contributed by atoms with Crippen molar-refractivity contribution in [3.63, 3.8) is 0 Å². The van der Waals surface area contributed by atoms with Gasteiger partial charge >= 0.3 is 0 Å². The van der Waals surface area contributed by atoms with Crippen LogP contribution in [0, 0.1) is 11.7 Å². The zero-order valence-corrected chi connectivity index (χ0v) is 14.8. The smallest absolute Gasteiger partial charge is 0.254 e. The molecule has 25 heavy (non-hydrogen) atoms. The minimum Gasteiger partial charge on any atom is -0.340 e. The molecule has 2 rings (SSSR count). The zero-order valence-electron chi connectivity index (χ0n) is 14.0. The molecule has 1 atom stereocenters. The van der Waals surface area contributed by atoms with Crippen molar-refractivity contribution in [1.29, 1.82) is 0 Å². The molecule has 136 valence electrons. The number of sulfonamides is 1. The molecule has 0 saturated carbocycles. The van der Waals surface area contributed by atoms with Gasteiger partial charge in [0.05, 0.1) is 10.5 Å². The summed E-state index contributed by atoms with van der Waals surface area (Å²) < 4.78 is 41.6. The first-order chi connectivity index (χ1) is 11.6. The van der Waals surface area contributed by atoms with E-state index in [0.717, 1.165) is 18.2 Å². The summed E-state index contributed by atoms with van der Waals surface area (Å²) in [4.78, 5) is 16.1. The normalized spacial score (nSPS) is 13.0. The second-order valence-corrected chi connectivity index (χ2v) is 7.59. The first-order valence-corrected chi connectivity index (χ1v) is 9.08. The first-order valence-electron chi connectivity index (χ1n) is 7.53. The van der Waals surface area contributed by atoms with E-state index in [1.807, 2.05) is 13.8 Å². The molecular weight excluding hydrogens is 351 g/mol. The molecule has 0 spiro atoms. The summed E-state index contributed by atoms with van der Waals surface area (Å²) in [7, 11) is -4.05. The topological polar surface area (TPSA) is 128 Å². The lowest BCUT2D eigenvalue weighted by atomic mass is 10.1. The molecule has 0 fully saturated rings. The SMILES string of the molecule is CC(C)Cc1noc([C@H](C)NC(=O)c2cc(S(N)(=O)=O)ccc2F)n1. The third kappa shape index (κ3) is 4.83. The molecule has 0 bridgehead atoms. The highest BCUT2D eigenvalue weighted by Gasteiger charge is 2.21. The van der Waals surface area contributed by atoms with Crippen molar-refractivity contribution < 1.29 is 22.1 Å². The number of halogens is 1. The number of aromatic nitrogens is 2. The third-order valence-corrected chi connectivity index (χ3v) is 4.21. The number of hydrogen-bond donors (Lipinski definition) is 2. The van der Waals surface area contributed by atoms with Gasteiger partial charge in [0, 0.05) is 6.42 Å². The second-order valence-electron chi connectivity index (χ2n) is 6.03. The summed E-state index contributed by atoms with van der Waals surface area (Å²) in [5.74, 6) is -0.673. The number of rotatable bonds is 6. The zero-order chi connectivity index (χ0) is 18.8. The van der Waals surface area contributed by atoms with Crippen LogP contribution in [0.1, 0.15) is 48.9 Å². The molecule has 0 aliphatic heterocycles. The molecule has 1 aromatic carbocycles. The number of carbonyl (C=O) groups excluding carboxylic acids is 1. The van der Waals surface area contributed by atoms with Gasteiger partial charge in [0.1, 0.15) is 11.9 Å². The molecular formula is C15H19FN4O4S. The molecule has 1 amide bonds. The van der Waals surface area contributed by atoms with Gasteiger partial charge in [0.2, 0.25) is 15.9 Å². The Labute approximate surface area is 144 Å². The molecule has 2 aromatic rings. The quantitative estimate of drug-likeness (QED) is 0.794. The highest BCUT2D eigenvalue weighted by atomic mass is 32.2. The van der Waals surface area contributed by atoms with Crippen LogP contribution in [0.5, 0.6) is 0 Å². The largest absolute Gasteiger partial charge is 0.340 e. The van der Waals surface area contributed by atoms with E-state index >= 15 is 0 Å². The maximum absolute atomic E-state index is 13.9. The summed E-state index contributed by atoms with van der Waals surface area (Å²) in [6.07, 6.45) is 0.620. The maximum Gasteiger partial charge on any atom is 0.254 e. The fourth-order valence-corrected chi connectivity index (χ4v) is 2.62. The molecule has 1 aromatic heterocycles. The Morgan fingerprint density at radius 1 is 1.36 bits per heavy atom. The van der Waals surface area contributed by atoms with Crippen LogP contribution >= 0.6 is 0 Å². The molecule has 1 heterocycles. The molecule has 3 N–H and O–H groups in total. The van der Waals surface area contributed by atoms with Gasteiger partial charge in [0.15, 0.2) is 5.82 Å². The fourth-order valence-electron chi connectivity index (χ4n) is 2.08. The Hall–Kier alpha value is -2.33. The van der Waals surface area contributed by atoms with Crippen LogP contribution in [-0.2, 0) is 16.4 Å². The lowest BCUT2D eigenvalue weighted by molar-refractivity contribution is 0.0928. The Kier molecular flexibility index (Phi) is 5.53. The van der Waals surface area contributed by atoms with E-state index in [4.69, 9.17) is 9.66 Å². The Morgan fingerprint density at radius 3 is 2.64 bits per heavy atom. The van der Waals surface area contributed by atoms with E-state index in [2.05, 4.69) is 15.5 Å². The van der Waals surface area contributed by atoms with Gasteiger partial charge in [-0.15, -0.1) is 0 Å². The summed E-state index contributed by atoms with van der Waals surface area (Å²) in [5.41, 5.74) is -0.444. The van der Waals surface area contributed by atoms with Crippen molar-refractivity contribution in [2.45, 2.75) is 38.1 Å². The highest BCUT2D eigenvalue weighted by molar-refractivity contribution is 7.89.